The normalized spacial score (nSPS) is 16.9. The summed E-state index contributed by atoms with van der Waals surface area (Å²) in [5.74, 6) is -1.37. The summed E-state index contributed by atoms with van der Waals surface area (Å²) < 4.78 is 63.7. The Morgan fingerprint density at radius 1 is 1.26 bits per heavy atom. The minimum atomic E-state index is -4.17. The maximum absolute atomic E-state index is 14.7. The van der Waals surface area contributed by atoms with Crippen LogP contribution in [0.1, 0.15) is 32.8 Å². The summed E-state index contributed by atoms with van der Waals surface area (Å²) in [6.45, 7) is 5.22. The molecule has 3 aromatic rings. The number of ether oxygens (including phenoxy) is 1. The van der Waals surface area contributed by atoms with Crippen molar-refractivity contribution in [3.8, 4) is 17.6 Å². The van der Waals surface area contributed by atoms with Crippen LogP contribution < -0.4 is 15.0 Å². The molecule has 0 bridgehead atoms. The molecule has 2 aromatic carbocycles. The van der Waals surface area contributed by atoms with Crippen molar-refractivity contribution in [1.82, 2.24) is 13.9 Å². The number of hydrogen-bond donors (Lipinski definition) is 1. The van der Waals surface area contributed by atoms with Gasteiger partial charge in [-0.25, -0.2) is 13.8 Å². The van der Waals surface area contributed by atoms with Crippen LogP contribution in [-0.2, 0) is 15.7 Å². The van der Waals surface area contributed by atoms with Gasteiger partial charge >= 0.3 is 10.2 Å². The Labute approximate surface area is 200 Å². The Bertz CT molecular complexity index is 1510. The molecule has 0 saturated carbocycles. The van der Waals surface area contributed by atoms with Crippen molar-refractivity contribution in [3.05, 3.63) is 58.4 Å². The van der Waals surface area contributed by atoms with E-state index < -0.39 is 39.1 Å². The van der Waals surface area contributed by atoms with E-state index in [9.17, 15) is 27.3 Å². The number of anilines is 1. The SMILES string of the molecule is CC(C)(C)n1cnc2ccc(Oc3c(F)ccc(NS(=O)(=O)N4CCC(F)C4)c3C#N)cc2c1=O. The molecule has 1 atom stereocenters. The van der Waals surface area contributed by atoms with Gasteiger partial charge in [0.1, 0.15) is 23.6 Å². The molecule has 9 nitrogen and oxygen atoms in total. The molecule has 0 aliphatic carbocycles. The molecule has 0 spiro atoms. The molecule has 1 unspecified atom stereocenters. The largest absolute Gasteiger partial charge is 0.453 e. The number of nitrogens with zero attached hydrogens (tertiary/aromatic N) is 4. The summed E-state index contributed by atoms with van der Waals surface area (Å²) in [5.41, 5.74) is -1.07. The fraction of sp³-hybridized carbons (Fsp3) is 0.348. The van der Waals surface area contributed by atoms with Crippen LogP contribution in [0.3, 0.4) is 0 Å². The summed E-state index contributed by atoms with van der Waals surface area (Å²) >= 11 is 0. The second kappa shape index (κ2) is 8.90. The van der Waals surface area contributed by atoms with Crippen LogP contribution >= 0.6 is 0 Å². The van der Waals surface area contributed by atoms with Crippen molar-refractivity contribution in [2.45, 2.75) is 38.9 Å². The first-order chi connectivity index (χ1) is 16.4. The van der Waals surface area contributed by atoms with Crippen molar-refractivity contribution < 1.29 is 21.9 Å². The summed E-state index contributed by atoms with van der Waals surface area (Å²) in [6, 6.07) is 8.17. The Hall–Kier alpha value is -3.56. The number of alkyl halides is 1. The average molecular weight is 504 g/mol. The predicted octanol–water partition coefficient (Wildman–Crippen LogP) is 3.66. The van der Waals surface area contributed by atoms with Gasteiger partial charge in [0.15, 0.2) is 11.6 Å². The highest BCUT2D eigenvalue weighted by atomic mass is 32.2. The quantitative estimate of drug-likeness (QED) is 0.568. The molecule has 35 heavy (non-hydrogen) atoms. The van der Waals surface area contributed by atoms with Gasteiger partial charge in [-0.3, -0.25) is 14.1 Å². The van der Waals surface area contributed by atoms with Gasteiger partial charge < -0.3 is 4.74 Å². The molecule has 1 fully saturated rings. The number of aromatic nitrogens is 2. The molecule has 1 aliphatic heterocycles. The lowest BCUT2D eigenvalue weighted by atomic mass is 10.1. The Morgan fingerprint density at radius 2 is 2.00 bits per heavy atom. The summed E-state index contributed by atoms with van der Waals surface area (Å²) in [4.78, 5) is 17.2. The molecular weight excluding hydrogens is 480 g/mol. The number of nitrogens with one attached hydrogen (secondary N) is 1. The minimum absolute atomic E-state index is 0.0137. The Kier molecular flexibility index (Phi) is 6.25. The number of rotatable bonds is 5. The van der Waals surface area contributed by atoms with Gasteiger partial charge in [-0.15, -0.1) is 0 Å². The van der Waals surface area contributed by atoms with Crippen LogP contribution in [0.2, 0.25) is 0 Å². The standard InChI is InChI=1S/C23H23F2N5O4S/c1-23(2,3)30-13-27-19-6-4-15(10-16(19)22(30)31)34-21-17(11-26)20(7-5-18(21)25)28-35(32,33)29-9-8-14(24)12-29/h4-7,10,13-14,28H,8-9,12H2,1-3H3. The third-order valence-corrected chi connectivity index (χ3v) is 7.06. The Balaban J connectivity index is 1.72. The Morgan fingerprint density at radius 3 is 2.63 bits per heavy atom. The number of hydrogen-bond acceptors (Lipinski definition) is 6. The van der Waals surface area contributed by atoms with Gasteiger partial charge in [-0.05, 0) is 57.5 Å². The van der Waals surface area contributed by atoms with Crippen molar-refractivity contribution >= 4 is 26.8 Å². The zero-order valence-electron chi connectivity index (χ0n) is 19.2. The van der Waals surface area contributed by atoms with Crippen LogP contribution in [0.4, 0.5) is 14.5 Å². The van der Waals surface area contributed by atoms with Crippen LogP contribution in [0.15, 0.2) is 41.5 Å². The van der Waals surface area contributed by atoms with Crippen molar-refractivity contribution in [2.75, 3.05) is 17.8 Å². The molecule has 4 rings (SSSR count). The van der Waals surface area contributed by atoms with E-state index in [2.05, 4.69) is 9.71 Å². The van der Waals surface area contributed by atoms with E-state index in [-0.39, 0.29) is 41.9 Å². The molecule has 0 amide bonds. The molecular formula is C23H23F2N5O4S. The van der Waals surface area contributed by atoms with Crippen molar-refractivity contribution in [3.63, 3.8) is 0 Å². The van der Waals surface area contributed by atoms with Crippen molar-refractivity contribution in [1.29, 1.82) is 5.26 Å². The predicted molar refractivity (Wildman–Crippen MR) is 126 cm³/mol. The van der Waals surface area contributed by atoms with Gasteiger partial charge in [0, 0.05) is 18.6 Å². The highest BCUT2D eigenvalue weighted by Crippen LogP contribution is 2.34. The zero-order chi connectivity index (χ0) is 25.5. The highest BCUT2D eigenvalue weighted by Gasteiger charge is 2.32. The smallest absolute Gasteiger partial charge is 0.301 e. The number of fused-ring (bicyclic) bond motifs is 1. The fourth-order valence-electron chi connectivity index (χ4n) is 3.72. The molecule has 1 aliphatic rings. The zero-order valence-corrected chi connectivity index (χ0v) is 20.1. The molecule has 1 aromatic heterocycles. The van der Waals surface area contributed by atoms with E-state index in [4.69, 9.17) is 4.74 Å². The molecule has 184 valence electrons. The second-order valence-corrected chi connectivity index (χ2v) is 10.8. The summed E-state index contributed by atoms with van der Waals surface area (Å²) in [6.07, 6.45) is 0.233. The monoisotopic (exact) mass is 503 g/mol. The number of benzene rings is 2. The van der Waals surface area contributed by atoms with Crippen LogP contribution in [0.5, 0.6) is 11.5 Å². The average Bonchev–Trinajstić information content (AvgIpc) is 3.23. The van der Waals surface area contributed by atoms with Crippen LogP contribution in [0.25, 0.3) is 10.9 Å². The van der Waals surface area contributed by atoms with E-state index in [0.717, 1.165) is 16.4 Å². The maximum Gasteiger partial charge on any atom is 0.301 e. The lowest BCUT2D eigenvalue weighted by molar-refractivity contribution is 0.343. The van der Waals surface area contributed by atoms with E-state index >= 15 is 0 Å². The lowest BCUT2D eigenvalue weighted by Crippen LogP contribution is -2.34. The van der Waals surface area contributed by atoms with Crippen LogP contribution in [0, 0.1) is 17.1 Å². The third-order valence-electron chi connectivity index (χ3n) is 5.57. The molecule has 1 N–H and O–H groups in total. The second-order valence-electron chi connectivity index (χ2n) is 9.13. The minimum Gasteiger partial charge on any atom is -0.453 e. The van der Waals surface area contributed by atoms with E-state index in [0.29, 0.717) is 5.52 Å². The summed E-state index contributed by atoms with van der Waals surface area (Å²) in [7, 11) is -4.17. The van der Waals surface area contributed by atoms with Crippen LogP contribution in [-0.4, -0.2) is 41.5 Å². The fourth-order valence-corrected chi connectivity index (χ4v) is 5.00. The van der Waals surface area contributed by atoms with Crippen molar-refractivity contribution in [2.24, 2.45) is 0 Å². The van der Waals surface area contributed by atoms with Gasteiger partial charge in [0.25, 0.3) is 5.56 Å². The van der Waals surface area contributed by atoms with E-state index in [1.807, 2.05) is 20.8 Å². The van der Waals surface area contributed by atoms with E-state index in [1.54, 1.807) is 6.07 Å². The number of nitriles is 1. The first kappa shape index (κ1) is 24.6. The third kappa shape index (κ3) is 4.82. The van der Waals surface area contributed by atoms with Gasteiger partial charge in [-0.2, -0.15) is 18.0 Å². The molecule has 12 heteroatoms. The van der Waals surface area contributed by atoms with Gasteiger partial charge in [0.2, 0.25) is 0 Å². The first-order valence-electron chi connectivity index (χ1n) is 10.7. The highest BCUT2D eigenvalue weighted by molar-refractivity contribution is 7.90. The topological polar surface area (TPSA) is 117 Å². The van der Waals surface area contributed by atoms with Gasteiger partial charge in [-0.1, -0.05) is 0 Å². The number of halogens is 2. The lowest BCUT2D eigenvalue weighted by Gasteiger charge is -2.22. The van der Waals surface area contributed by atoms with E-state index in [1.165, 1.54) is 29.1 Å². The maximum atomic E-state index is 14.7. The van der Waals surface area contributed by atoms with Gasteiger partial charge in [0.05, 0.1) is 22.9 Å². The molecule has 2 heterocycles. The molecule has 0 radical (unpaired) electrons. The molecule has 1 saturated heterocycles. The summed E-state index contributed by atoms with van der Waals surface area (Å²) in [5, 5.41) is 9.91. The first-order valence-corrected chi connectivity index (χ1v) is 12.2.